The minimum absolute atomic E-state index is 0.235. The molecule has 1 aromatic carbocycles. The molecule has 4 heteroatoms. The van der Waals surface area contributed by atoms with Gasteiger partial charge >= 0.3 is 0 Å². The van der Waals surface area contributed by atoms with E-state index in [2.05, 4.69) is 20.8 Å². The summed E-state index contributed by atoms with van der Waals surface area (Å²) in [4.78, 5) is 2.12. The first-order valence-corrected chi connectivity index (χ1v) is 5.64. The summed E-state index contributed by atoms with van der Waals surface area (Å²) in [6.45, 7) is 3.92. The molecular weight excluding hydrogens is 261 g/mol. The van der Waals surface area contributed by atoms with Gasteiger partial charge in [-0.1, -0.05) is 22.0 Å². The van der Waals surface area contributed by atoms with Crippen molar-refractivity contribution in [1.29, 1.82) is 0 Å². The lowest BCUT2D eigenvalue weighted by atomic mass is 9.96. The Bertz CT molecular complexity index is 373. The molecule has 1 aromatic rings. The van der Waals surface area contributed by atoms with Crippen molar-refractivity contribution in [1.82, 2.24) is 4.90 Å². The van der Waals surface area contributed by atoms with Gasteiger partial charge in [-0.05, 0) is 24.6 Å². The number of β-amino-alcohol motifs (C(OH)–C–C–N with tert-alkyl or cyclic N) is 1. The van der Waals surface area contributed by atoms with Crippen molar-refractivity contribution in [2.24, 2.45) is 0 Å². The van der Waals surface area contributed by atoms with Crippen molar-refractivity contribution in [2.45, 2.75) is 19.1 Å². The summed E-state index contributed by atoms with van der Waals surface area (Å²) in [5.74, 6) is -0.235. The van der Waals surface area contributed by atoms with Crippen LogP contribution < -0.4 is 0 Å². The smallest absolute Gasteiger partial charge is 0.124 e. The highest BCUT2D eigenvalue weighted by Crippen LogP contribution is 2.25. The molecule has 0 saturated carbocycles. The molecule has 0 amide bonds. The van der Waals surface area contributed by atoms with Crippen LogP contribution >= 0.6 is 15.9 Å². The number of hydrogen-bond acceptors (Lipinski definition) is 2. The zero-order valence-corrected chi connectivity index (χ0v) is 10.1. The van der Waals surface area contributed by atoms with Crippen molar-refractivity contribution in [2.75, 3.05) is 13.1 Å². The summed E-state index contributed by atoms with van der Waals surface area (Å²) in [6.07, 6.45) is 0. The van der Waals surface area contributed by atoms with Crippen LogP contribution in [0.25, 0.3) is 0 Å². The van der Waals surface area contributed by atoms with E-state index in [4.69, 9.17) is 0 Å². The molecule has 1 aliphatic rings. The zero-order chi connectivity index (χ0) is 11.1. The number of aliphatic hydroxyl groups is 1. The minimum Gasteiger partial charge on any atom is -0.388 e. The lowest BCUT2D eigenvalue weighted by molar-refractivity contribution is -0.0872. The topological polar surface area (TPSA) is 23.5 Å². The van der Waals surface area contributed by atoms with E-state index in [1.807, 2.05) is 6.92 Å². The zero-order valence-electron chi connectivity index (χ0n) is 8.50. The fraction of sp³-hybridized carbons (Fsp3) is 0.455. The summed E-state index contributed by atoms with van der Waals surface area (Å²) in [5, 5.41) is 9.56. The van der Waals surface area contributed by atoms with E-state index in [-0.39, 0.29) is 5.82 Å². The highest BCUT2D eigenvalue weighted by molar-refractivity contribution is 9.10. The summed E-state index contributed by atoms with van der Waals surface area (Å²) in [5.41, 5.74) is 0.499. The number of halogens is 2. The number of hydrogen-bond donors (Lipinski definition) is 1. The average molecular weight is 274 g/mol. The van der Waals surface area contributed by atoms with Gasteiger partial charge in [0.25, 0.3) is 0 Å². The third-order valence-electron chi connectivity index (χ3n) is 2.54. The molecule has 1 saturated heterocycles. The van der Waals surface area contributed by atoms with Gasteiger partial charge in [-0.2, -0.15) is 0 Å². The van der Waals surface area contributed by atoms with Crippen LogP contribution in [0.4, 0.5) is 4.39 Å². The Labute approximate surface area is 96.8 Å². The van der Waals surface area contributed by atoms with Crippen LogP contribution in [-0.2, 0) is 6.54 Å². The van der Waals surface area contributed by atoms with E-state index in [0.29, 0.717) is 13.1 Å². The molecule has 1 fully saturated rings. The second-order valence-corrected chi connectivity index (χ2v) is 5.23. The van der Waals surface area contributed by atoms with E-state index in [1.165, 1.54) is 12.1 Å². The molecule has 15 heavy (non-hydrogen) atoms. The van der Waals surface area contributed by atoms with Gasteiger partial charge in [0.2, 0.25) is 0 Å². The van der Waals surface area contributed by atoms with E-state index in [0.717, 1.165) is 16.6 Å². The Morgan fingerprint density at radius 3 is 2.73 bits per heavy atom. The van der Waals surface area contributed by atoms with Crippen molar-refractivity contribution >= 4 is 15.9 Å². The monoisotopic (exact) mass is 273 g/mol. The fourth-order valence-electron chi connectivity index (χ4n) is 1.92. The van der Waals surface area contributed by atoms with Crippen molar-refractivity contribution < 1.29 is 9.50 Å². The highest BCUT2D eigenvalue weighted by atomic mass is 79.9. The molecule has 0 radical (unpaired) electrons. The highest BCUT2D eigenvalue weighted by Gasteiger charge is 2.36. The summed E-state index contributed by atoms with van der Waals surface area (Å²) >= 11 is 3.33. The maximum Gasteiger partial charge on any atom is 0.124 e. The van der Waals surface area contributed by atoms with Gasteiger partial charge in [0, 0.05) is 24.1 Å². The van der Waals surface area contributed by atoms with Gasteiger partial charge < -0.3 is 5.11 Å². The molecule has 0 bridgehead atoms. The Hall–Kier alpha value is -0.450. The molecule has 1 aliphatic heterocycles. The minimum atomic E-state index is -0.549. The maximum atomic E-state index is 12.8. The quantitative estimate of drug-likeness (QED) is 0.893. The SMILES string of the molecule is CC1(O)CN(Cc2ccc(F)cc2Br)C1. The molecule has 0 spiro atoms. The normalized spacial score (nSPS) is 20.0. The van der Waals surface area contributed by atoms with Crippen molar-refractivity contribution in [3.05, 3.63) is 34.1 Å². The largest absolute Gasteiger partial charge is 0.388 e. The number of rotatable bonds is 2. The van der Waals surface area contributed by atoms with Gasteiger partial charge in [0.1, 0.15) is 5.82 Å². The predicted molar refractivity (Wildman–Crippen MR) is 60.0 cm³/mol. The summed E-state index contributed by atoms with van der Waals surface area (Å²) in [6, 6.07) is 4.69. The van der Waals surface area contributed by atoms with Gasteiger partial charge in [-0.3, -0.25) is 4.90 Å². The van der Waals surface area contributed by atoms with Crippen molar-refractivity contribution in [3.8, 4) is 0 Å². The van der Waals surface area contributed by atoms with Gasteiger partial charge in [-0.15, -0.1) is 0 Å². The molecule has 2 nitrogen and oxygen atoms in total. The molecule has 0 aliphatic carbocycles. The van der Waals surface area contributed by atoms with Crippen LogP contribution in [0.5, 0.6) is 0 Å². The summed E-state index contributed by atoms with van der Waals surface area (Å²) < 4.78 is 13.6. The predicted octanol–water partition coefficient (Wildman–Crippen LogP) is 2.15. The number of nitrogens with zero attached hydrogens (tertiary/aromatic N) is 1. The lowest BCUT2D eigenvalue weighted by Crippen LogP contribution is -2.59. The Morgan fingerprint density at radius 2 is 2.20 bits per heavy atom. The van der Waals surface area contributed by atoms with E-state index in [1.54, 1.807) is 6.07 Å². The Morgan fingerprint density at radius 1 is 1.53 bits per heavy atom. The number of likely N-dealkylation sites (tertiary alicyclic amines) is 1. The van der Waals surface area contributed by atoms with Crippen molar-refractivity contribution in [3.63, 3.8) is 0 Å². The Balaban J connectivity index is 2.00. The number of benzene rings is 1. The standard InChI is InChI=1S/C11H13BrFNO/c1-11(15)6-14(7-11)5-8-2-3-9(13)4-10(8)12/h2-4,15H,5-7H2,1H3. The van der Waals surface area contributed by atoms with Crippen LogP contribution in [0.1, 0.15) is 12.5 Å². The molecule has 0 unspecified atom stereocenters. The molecule has 2 rings (SSSR count). The molecule has 0 atom stereocenters. The third-order valence-corrected chi connectivity index (χ3v) is 3.28. The summed E-state index contributed by atoms with van der Waals surface area (Å²) in [7, 11) is 0. The van der Waals surface area contributed by atoms with Gasteiger partial charge in [0.15, 0.2) is 0 Å². The average Bonchev–Trinajstić information content (AvgIpc) is 2.06. The second kappa shape index (κ2) is 3.85. The molecular formula is C11H13BrFNO. The third kappa shape index (κ3) is 2.56. The molecule has 82 valence electrons. The first-order valence-electron chi connectivity index (χ1n) is 4.85. The lowest BCUT2D eigenvalue weighted by Gasteiger charge is -2.44. The van der Waals surface area contributed by atoms with E-state index < -0.39 is 5.60 Å². The molecule has 1 N–H and O–H groups in total. The van der Waals surface area contributed by atoms with Crippen LogP contribution in [0, 0.1) is 5.82 Å². The molecule has 1 heterocycles. The van der Waals surface area contributed by atoms with Gasteiger partial charge in [-0.25, -0.2) is 4.39 Å². The maximum absolute atomic E-state index is 12.8. The van der Waals surface area contributed by atoms with E-state index in [9.17, 15) is 9.50 Å². The second-order valence-electron chi connectivity index (χ2n) is 4.38. The van der Waals surface area contributed by atoms with Gasteiger partial charge in [0.05, 0.1) is 5.60 Å². The first kappa shape index (κ1) is 11.0. The van der Waals surface area contributed by atoms with Crippen LogP contribution in [0.2, 0.25) is 0 Å². The first-order chi connectivity index (χ1) is 6.96. The van der Waals surface area contributed by atoms with Crippen LogP contribution in [-0.4, -0.2) is 28.7 Å². The molecule has 0 aromatic heterocycles. The van der Waals surface area contributed by atoms with Crippen LogP contribution in [0.15, 0.2) is 22.7 Å². The van der Waals surface area contributed by atoms with Crippen LogP contribution in [0.3, 0.4) is 0 Å². The van der Waals surface area contributed by atoms with E-state index >= 15 is 0 Å². The Kier molecular flexibility index (Phi) is 2.83. The fourth-order valence-corrected chi connectivity index (χ4v) is 2.40.